The Labute approximate surface area is 50.3 Å². The molecule has 0 heterocycles. The number of carboxylic acid groups (broad SMARTS) is 1. The number of aliphatic carboxylic acids is 1. The van der Waals surface area contributed by atoms with Gasteiger partial charge in [-0.15, -0.1) is 0 Å². The number of nitrogens with zero attached hydrogens (tertiary/aromatic N) is 1. The van der Waals surface area contributed by atoms with Crippen LogP contribution in [0.25, 0.3) is 0 Å². The normalized spacial score (nSPS) is 5.44. The predicted molar refractivity (Wildman–Crippen MR) is 27.1 cm³/mol. The molecule has 0 saturated carbocycles. The number of isocyanates is 1. The van der Waals surface area contributed by atoms with Crippen molar-refractivity contribution in [3.8, 4) is 0 Å². The SMILES string of the molecule is C=CC(=O)O.O=C=NF. The predicted octanol–water partition coefficient (Wildman–Crippen LogP) is 0.464. The minimum absolute atomic E-state index is 0.639. The van der Waals surface area contributed by atoms with E-state index in [0.29, 0.717) is 6.08 Å². The van der Waals surface area contributed by atoms with E-state index >= 15 is 0 Å². The highest BCUT2D eigenvalue weighted by Crippen LogP contribution is 1.54. The Bertz CT molecular complexity index is 139. The van der Waals surface area contributed by atoms with Crippen LogP contribution in [-0.4, -0.2) is 17.2 Å². The molecule has 0 radical (unpaired) electrons. The lowest BCUT2D eigenvalue weighted by atomic mass is 10.7. The van der Waals surface area contributed by atoms with E-state index in [1.807, 2.05) is 0 Å². The summed E-state index contributed by atoms with van der Waals surface area (Å²) in [5, 5.41) is 9.03. The maximum Gasteiger partial charge on any atom is 0.327 e. The van der Waals surface area contributed by atoms with E-state index in [1.54, 1.807) is 0 Å². The van der Waals surface area contributed by atoms with Crippen molar-refractivity contribution in [2.45, 2.75) is 0 Å². The molecule has 0 aromatic heterocycles. The Morgan fingerprint density at radius 1 is 1.89 bits per heavy atom. The second kappa shape index (κ2) is 9.72. The van der Waals surface area contributed by atoms with E-state index in [2.05, 4.69) is 6.58 Å². The zero-order valence-electron chi connectivity index (χ0n) is 4.37. The number of carboxylic acids is 1. The topological polar surface area (TPSA) is 66.7 Å². The molecule has 0 aliphatic carbocycles. The number of hydrogen-bond acceptors (Lipinski definition) is 3. The Balaban J connectivity index is 0. The number of carbonyl (C=O) groups excluding carboxylic acids is 1. The molecule has 50 valence electrons. The van der Waals surface area contributed by atoms with Crippen molar-refractivity contribution in [3.63, 3.8) is 0 Å². The fourth-order valence-electron chi connectivity index (χ4n) is 0. The summed E-state index contributed by atoms with van der Waals surface area (Å²) >= 11 is 0. The molecule has 0 aliphatic rings. The molecule has 0 rings (SSSR count). The third-order valence-corrected chi connectivity index (χ3v) is 0.209. The third kappa shape index (κ3) is 57.7. The van der Waals surface area contributed by atoms with Crippen LogP contribution in [0.1, 0.15) is 0 Å². The Morgan fingerprint density at radius 3 is 2.11 bits per heavy atom. The van der Waals surface area contributed by atoms with Crippen LogP contribution >= 0.6 is 0 Å². The summed E-state index contributed by atoms with van der Waals surface area (Å²) < 4.78 is 9.92. The zero-order chi connectivity index (χ0) is 7.70. The van der Waals surface area contributed by atoms with Crippen LogP contribution in [0.5, 0.6) is 0 Å². The molecule has 1 N–H and O–H groups in total. The van der Waals surface area contributed by atoms with E-state index in [-0.39, 0.29) is 0 Å². The Kier molecular flexibility index (Phi) is 11.3. The number of hydrogen-bond donors (Lipinski definition) is 1. The summed E-state index contributed by atoms with van der Waals surface area (Å²) in [6.07, 6.45) is 1.47. The van der Waals surface area contributed by atoms with Crippen molar-refractivity contribution in [3.05, 3.63) is 12.7 Å². The molecule has 0 unspecified atom stereocenters. The monoisotopic (exact) mass is 133 g/mol. The average Bonchev–Trinajstić information content (AvgIpc) is 1.89. The first kappa shape index (κ1) is 10.5. The fourth-order valence-corrected chi connectivity index (χ4v) is 0. The summed E-state index contributed by atoms with van der Waals surface area (Å²) in [5.74, 6) is -0.981. The standard InChI is InChI=1S/C3H4O2.CFNO/c1-2-3(4)5;2-3-1-4/h2H,1H2,(H,4,5);. The summed E-state index contributed by atoms with van der Waals surface area (Å²) in [7, 11) is 0. The van der Waals surface area contributed by atoms with Crippen LogP contribution in [-0.2, 0) is 9.59 Å². The summed E-state index contributed by atoms with van der Waals surface area (Å²) in [4.78, 5) is 17.8. The highest BCUT2D eigenvalue weighted by atomic mass is 19.2. The number of carbonyl (C=O) groups is 1. The van der Waals surface area contributed by atoms with Gasteiger partial charge in [-0.05, 0) is 0 Å². The van der Waals surface area contributed by atoms with Gasteiger partial charge in [-0.25, -0.2) is 9.59 Å². The van der Waals surface area contributed by atoms with Crippen LogP contribution in [0.4, 0.5) is 4.48 Å². The van der Waals surface area contributed by atoms with E-state index in [1.165, 1.54) is 5.21 Å². The molecule has 0 atom stereocenters. The van der Waals surface area contributed by atoms with Crippen LogP contribution in [0, 0.1) is 0 Å². The van der Waals surface area contributed by atoms with Gasteiger partial charge in [0.15, 0.2) is 0 Å². The average molecular weight is 133 g/mol. The highest BCUT2D eigenvalue weighted by Gasteiger charge is 1.73. The molecule has 0 saturated heterocycles. The first-order valence-corrected chi connectivity index (χ1v) is 1.72. The molecule has 0 aromatic carbocycles. The molecule has 0 aromatic rings. The molecular weight excluding hydrogens is 129 g/mol. The lowest BCUT2D eigenvalue weighted by Crippen LogP contribution is -1.82. The van der Waals surface area contributed by atoms with E-state index in [9.17, 15) is 9.28 Å². The fraction of sp³-hybridized carbons (Fsp3) is 0. The largest absolute Gasteiger partial charge is 0.478 e. The smallest absolute Gasteiger partial charge is 0.327 e. The van der Waals surface area contributed by atoms with Crippen molar-refractivity contribution in [1.29, 1.82) is 0 Å². The molecule has 0 aliphatic heterocycles. The van der Waals surface area contributed by atoms with Crippen molar-refractivity contribution in [1.82, 2.24) is 0 Å². The number of halogens is 1. The maximum absolute atomic E-state index is 9.92. The minimum Gasteiger partial charge on any atom is -0.478 e. The van der Waals surface area contributed by atoms with Gasteiger partial charge < -0.3 is 5.11 Å². The van der Waals surface area contributed by atoms with E-state index in [0.717, 1.165) is 6.08 Å². The molecule has 9 heavy (non-hydrogen) atoms. The van der Waals surface area contributed by atoms with E-state index < -0.39 is 5.97 Å². The molecular formula is C4H4FNO3. The Hall–Kier alpha value is -1.48. The molecule has 0 amide bonds. The van der Waals surface area contributed by atoms with Gasteiger partial charge in [-0.2, -0.15) is 0 Å². The van der Waals surface area contributed by atoms with Crippen LogP contribution < -0.4 is 0 Å². The van der Waals surface area contributed by atoms with Crippen LogP contribution in [0.3, 0.4) is 0 Å². The van der Waals surface area contributed by atoms with Crippen LogP contribution in [0.15, 0.2) is 17.9 Å². The van der Waals surface area contributed by atoms with Gasteiger partial charge in [0.1, 0.15) is 0 Å². The third-order valence-electron chi connectivity index (χ3n) is 0.209. The van der Waals surface area contributed by atoms with Gasteiger partial charge in [0.2, 0.25) is 0 Å². The van der Waals surface area contributed by atoms with Gasteiger partial charge in [0.25, 0.3) is 6.08 Å². The summed E-state index contributed by atoms with van der Waals surface area (Å²) in [5.41, 5.74) is 0. The van der Waals surface area contributed by atoms with Gasteiger partial charge in [-0.3, -0.25) is 0 Å². The van der Waals surface area contributed by atoms with Crippen molar-refractivity contribution in [2.75, 3.05) is 0 Å². The second-order valence-electron chi connectivity index (χ2n) is 0.718. The zero-order valence-corrected chi connectivity index (χ0v) is 4.37. The molecule has 5 heteroatoms. The first-order chi connectivity index (χ1) is 4.18. The van der Waals surface area contributed by atoms with Crippen molar-refractivity contribution >= 4 is 12.0 Å². The minimum atomic E-state index is -0.981. The quantitative estimate of drug-likeness (QED) is 0.321. The lowest BCUT2D eigenvalue weighted by molar-refractivity contribution is -0.131. The molecule has 0 spiro atoms. The summed E-state index contributed by atoms with van der Waals surface area (Å²) in [6.45, 7) is 2.96. The molecule has 0 bridgehead atoms. The van der Waals surface area contributed by atoms with Gasteiger partial charge >= 0.3 is 5.97 Å². The van der Waals surface area contributed by atoms with Gasteiger partial charge in [0, 0.05) is 11.3 Å². The number of rotatable bonds is 1. The molecule has 4 nitrogen and oxygen atoms in total. The van der Waals surface area contributed by atoms with Crippen molar-refractivity contribution < 1.29 is 19.2 Å². The summed E-state index contributed by atoms with van der Waals surface area (Å²) in [6, 6.07) is 0. The van der Waals surface area contributed by atoms with E-state index in [4.69, 9.17) is 9.90 Å². The second-order valence-corrected chi connectivity index (χ2v) is 0.718. The highest BCUT2D eigenvalue weighted by molar-refractivity contribution is 5.78. The Morgan fingerprint density at radius 2 is 2.11 bits per heavy atom. The lowest BCUT2D eigenvalue weighted by Gasteiger charge is -1.64. The first-order valence-electron chi connectivity index (χ1n) is 1.72. The van der Waals surface area contributed by atoms with Gasteiger partial charge in [0.05, 0.1) is 0 Å². The van der Waals surface area contributed by atoms with Gasteiger partial charge in [-0.1, -0.05) is 11.1 Å². The van der Waals surface area contributed by atoms with Crippen LogP contribution in [0.2, 0.25) is 0 Å². The molecule has 0 fully saturated rings. The van der Waals surface area contributed by atoms with Crippen molar-refractivity contribution in [2.24, 2.45) is 5.21 Å². The maximum atomic E-state index is 9.92.